The molecule has 0 N–H and O–H groups in total. The minimum atomic E-state index is -0.506. The zero-order valence-corrected chi connectivity index (χ0v) is 16.7. The summed E-state index contributed by atoms with van der Waals surface area (Å²) in [5.41, 5.74) is 2.41. The Morgan fingerprint density at radius 3 is 2.62 bits per heavy atom. The smallest absolute Gasteiger partial charge is 0.363 e. The van der Waals surface area contributed by atoms with Crippen molar-refractivity contribution in [1.82, 2.24) is 0 Å². The van der Waals surface area contributed by atoms with E-state index < -0.39 is 5.97 Å². The van der Waals surface area contributed by atoms with Gasteiger partial charge in [-0.1, -0.05) is 40.2 Å². The summed E-state index contributed by atoms with van der Waals surface area (Å²) in [4.78, 5) is 16.5. The third kappa shape index (κ3) is 4.78. The van der Waals surface area contributed by atoms with E-state index in [2.05, 4.69) is 20.9 Å². The second-order valence-electron chi connectivity index (χ2n) is 6.33. The molecule has 0 unspecified atom stereocenters. The average molecular weight is 452 g/mol. The topological polar surface area (TPSA) is 47.9 Å². The van der Waals surface area contributed by atoms with E-state index in [4.69, 9.17) is 9.47 Å². The Kier molecular flexibility index (Phi) is 5.53. The van der Waals surface area contributed by atoms with Crippen molar-refractivity contribution in [2.24, 2.45) is 4.99 Å². The fraction of sp³-hybridized carbons (Fsp3) is 0.0435. The number of rotatable bonds is 5. The van der Waals surface area contributed by atoms with Crippen molar-refractivity contribution in [3.8, 4) is 5.75 Å². The van der Waals surface area contributed by atoms with Gasteiger partial charge in [0.1, 0.15) is 18.2 Å². The van der Waals surface area contributed by atoms with Gasteiger partial charge in [0, 0.05) is 10.0 Å². The van der Waals surface area contributed by atoms with Crippen molar-refractivity contribution in [3.05, 3.63) is 105 Å². The van der Waals surface area contributed by atoms with Crippen LogP contribution in [0.1, 0.15) is 16.7 Å². The predicted octanol–water partition coefficient (Wildman–Crippen LogP) is 5.51. The van der Waals surface area contributed by atoms with Gasteiger partial charge in [-0.15, -0.1) is 0 Å². The monoisotopic (exact) mass is 451 g/mol. The Labute approximate surface area is 175 Å². The van der Waals surface area contributed by atoms with Gasteiger partial charge < -0.3 is 9.47 Å². The van der Waals surface area contributed by atoms with Crippen LogP contribution in [-0.4, -0.2) is 11.9 Å². The molecule has 0 atom stereocenters. The Balaban J connectivity index is 1.51. The summed E-state index contributed by atoms with van der Waals surface area (Å²) in [5.74, 6) is 0.0668. The van der Waals surface area contributed by atoms with Gasteiger partial charge >= 0.3 is 5.97 Å². The van der Waals surface area contributed by atoms with Gasteiger partial charge in [-0.2, -0.15) is 0 Å². The Bertz CT molecular complexity index is 1120. The molecule has 0 bridgehead atoms. The van der Waals surface area contributed by atoms with Crippen LogP contribution in [0.5, 0.6) is 5.75 Å². The first-order chi connectivity index (χ1) is 14.1. The lowest BCUT2D eigenvalue weighted by Crippen LogP contribution is -2.05. The standard InChI is InChI=1S/C23H15BrFNO3/c24-18-9-7-17(8-10-18)22-26-21(23(27)29-22)13-15-3-2-6-20(12-15)28-14-16-4-1-5-19(25)11-16/h1-13H,14H2/b21-13-. The molecule has 1 heterocycles. The van der Waals surface area contributed by atoms with Crippen molar-refractivity contribution in [1.29, 1.82) is 0 Å². The van der Waals surface area contributed by atoms with Gasteiger partial charge in [-0.3, -0.25) is 0 Å². The summed E-state index contributed by atoms with van der Waals surface area (Å²) < 4.78 is 25.2. The van der Waals surface area contributed by atoms with E-state index in [1.165, 1.54) is 12.1 Å². The molecule has 3 aromatic rings. The van der Waals surface area contributed by atoms with Crippen LogP contribution in [0, 0.1) is 5.82 Å². The van der Waals surface area contributed by atoms with E-state index in [0.717, 1.165) is 21.2 Å². The number of ether oxygens (including phenoxy) is 2. The summed E-state index contributed by atoms with van der Waals surface area (Å²) in [6, 6.07) is 20.8. The molecule has 3 aromatic carbocycles. The normalized spacial score (nSPS) is 14.6. The molecule has 0 aliphatic carbocycles. The molecule has 1 aliphatic heterocycles. The molecule has 0 amide bonds. The number of carbonyl (C=O) groups excluding carboxylic acids is 1. The van der Waals surface area contributed by atoms with Gasteiger partial charge in [0.25, 0.3) is 0 Å². The van der Waals surface area contributed by atoms with Crippen molar-refractivity contribution in [3.63, 3.8) is 0 Å². The molecule has 29 heavy (non-hydrogen) atoms. The lowest BCUT2D eigenvalue weighted by atomic mass is 10.2. The number of esters is 1. The Hall–Kier alpha value is -3.25. The predicted molar refractivity (Wildman–Crippen MR) is 112 cm³/mol. The Morgan fingerprint density at radius 2 is 1.83 bits per heavy atom. The number of aliphatic imine (C=N–C) groups is 1. The maximum Gasteiger partial charge on any atom is 0.363 e. The molecule has 0 radical (unpaired) electrons. The van der Waals surface area contributed by atoms with Crippen molar-refractivity contribution in [2.75, 3.05) is 0 Å². The first kappa shape index (κ1) is 19.1. The lowest BCUT2D eigenvalue weighted by molar-refractivity contribution is -0.129. The van der Waals surface area contributed by atoms with E-state index in [-0.39, 0.29) is 24.0 Å². The van der Waals surface area contributed by atoms with Crippen LogP contribution in [0.4, 0.5) is 4.39 Å². The molecule has 144 valence electrons. The molecular formula is C23H15BrFNO3. The maximum absolute atomic E-state index is 13.3. The molecule has 0 fully saturated rings. The van der Waals surface area contributed by atoms with E-state index in [1.54, 1.807) is 30.3 Å². The highest BCUT2D eigenvalue weighted by molar-refractivity contribution is 9.10. The number of hydrogen-bond acceptors (Lipinski definition) is 4. The number of carbonyl (C=O) groups is 1. The van der Waals surface area contributed by atoms with Crippen molar-refractivity contribution in [2.45, 2.75) is 6.61 Å². The molecule has 1 aliphatic rings. The van der Waals surface area contributed by atoms with Gasteiger partial charge in [0.15, 0.2) is 5.70 Å². The first-order valence-electron chi connectivity index (χ1n) is 8.83. The van der Waals surface area contributed by atoms with Crippen LogP contribution in [0.3, 0.4) is 0 Å². The molecule has 0 saturated heterocycles. The average Bonchev–Trinajstić information content (AvgIpc) is 3.08. The zero-order chi connectivity index (χ0) is 20.2. The van der Waals surface area contributed by atoms with Crippen LogP contribution in [0.25, 0.3) is 6.08 Å². The van der Waals surface area contributed by atoms with Gasteiger partial charge in [0.2, 0.25) is 5.90 Å². The van der Waals surface area contributed by atoms with Crippen molar-refractivity contribution < 1.29 is 18.7 Å². The summed E-state index contributed by atoms with van der Waals surface area (Å²) in [5, 5.41) is 0. The van der Waals surface area contributed by atoms with Crippen LogP contribution < -0.4 is 4.74 Å². The minimum Gasteiger partial charge on any atom is -0.489 e. The van der Waals surface area contributed by atoms with E-state index in [9.17, 15) is 9.18 Å². The fourth-order valence-corrected chi connectivity index (χ4v) is 3.03. The molecule has 0 spiro atoms. The minimum absolute atomic E-state index is 0.213. The maximum atomic E-state index is 13.3. The molecule has 4 rings (SSSR count). The lowest BCUT2D eigenvalue weighted by Gasteiger charge is -2.07. The summed E-state index contributed by atoms with van der Waals surface area (Å²) in [6.07, 6.45) is 1.64. The quantitative estimate of drug-likeness (QED) is 0.379. The van der Waals surface area contributed by atoms with Crippen molar-refractivity contribution >= 4 is 33.9 Å². The van der Waals surface area contributed by atoms with E-state index in [1.807, 2.05) is 36.4 Å². The highest BCUT2D eigenvalue weighted by Crippen LogP contribution is 2.22. The largest absolute Gasteiger partial charge is 0.489 e. The number of halogens is 2. The van der Waals surface area contributed by atoms with Crippen LogP contribution >= 0.6 is 15.9 Å². The van der Waals surface area contributed by atoms with Crippen LogP contribution in [-0.2, 0) is 16.1 Å². The number of benzene rings is 3. The highest BCUT2D eigenvalue weighted by Gasteiger charge is 2.24. The molecular weight excluding hydrogens is 437 g/mol. The number of nitrogens with zero attached hydrogens (tertiary/aromatic N) is 1. The van der Waals surface area contributed by atoms with Crippen LogP contribution in [0.15, 0.2) is 88.0 Å². The molecule has 0 aromatic heterocycles. The zero-order valence-electron chi connectivity index (χ0n) is 15.1. The third-order valence-electron chi connectivity index (χ3n) is 4.17. The third-order valence-corrected chi connectivity index (χ3v) is 4.70. The molecule has 6 heteroatoms. The number of hydrogen-bond donors (Lipinski definition) is 0. The second-order valence-corrected chi connectivity index (χ2v) is 7.25. The van der Waals surface area contributed by atoms with E-state index >= 15 is 0 Å². The van der Waals surface area contributed by atoms with Gasteiger partial charge in [0.05, 0.1) is 0 Å². The SMILES string of the molecule is O=C1OC(c2ccc(Br)cc2)=N/C1=C\c1cccc(OCc2cccc(F)c2)c1. The first-order valence-corrected chi connectivity index (χ1v) is 9.62. The fourth-order valence-electron chi connectivity index (χ4n) is 2.77. The summed E-state index contributed by atoms with van der Waals surface area (Å²) >= 11 is 3.37. The number of cyclic esters (lactones) is 1. The highest BCUT2D eigenvalue weighted by atomic mass is 79.9. The van der Waals surface area contributed by atoms with Crippen LogP contribution in [0.2, 0.25) is 0 Å². The molecule has 4 nitrogen and oxygen atoms in total. The Morgan fingerprint density at radius 1 is 1.03 bits per heavy atom. The van der Waals surface area contributed by atoms with Gasteiger partial charge in [-0.05, 0) is 65.7 Å². The van der Waals surface area contributed by atoms with E-state index in [0.29, 0.717) is 5.75 Å². The molecule has 0 saturated carbocycles. The second kappa shape index (κ2) is 8.41. The van der Waals surface area contributed by atoms with Gasteiger partial charge in [-0.25, -0.2) is 14.2 Å². The summed E-state index contributed by atoms with van der Waals surface area (Å²) in [7, 11) is 0. The summed E-state index contributed by atoms with van der Waals surface area (Å²) in [6.45, 7) is 0.242.